The Morgan fingerprint density at radius 3 is 3.13 bits per heavy atom. The van der Waals surface area contributed by atoms with Gasteiger partial charge in [-0.3, -0.25) is 0 Å². The Morgan fingerprint density at radius 1 is 1.60 bits per heavy atom. The lowest BCUT2D eigenvalue weighted by atomic mass is 10.2. The normalized spacial score (nSPS) is 10.5. The number of fused-ring (bicyclic) bond motifs is 1. The molecule has 2 N–H and O–H groups in total. The van der Waals surface area contributed by atoms with Gasteiger partial charge in [-0.25, -0.2) is 9.78 Å². The van der Waals surface area contributed by atoms with Crippen LogP contribution < -0.4 is 5.73 Å². The number of amides is 1. The highest BCUT2D eigenvalue weighted by atomic mass is 16.5. The number of aryl methyl sites for hydroxylation is 1. The summed E-state index contributed by atoms with van der Waals surface area (Å²) < 4.78 is 6.61. The molecule has 2 aromatic rings. The average molecular weight is 205 g/mol. The van der Waals surface area contributed by atoms with Gasteiger partial charge in [-0.2, -0.15) is 0 Å². The number of hydrogen-bond donors (Lipinski definition) is 1. The van der Waals surface area contributed by atoms with Gasteiger partial charge in [-0.05, 0) is 17.7 Å². The lowest BCUT2D eigenvalue weighted by Crippen LogP contribution is -2.12. The summed E-state index contributed by atoms with van der Waals surface area (Å²) in [6.45, 7) is 0.182. The highest BCUT2D eigenvalue weighted by Crippen LogP contribution is 2.14. The molecule has 0 unspecified atom stereocenters. The van der Waals surface area contributed by atoms with Gasteiger partial charge < -0.3 is 15.0 Å². The first kappa shape index (κ1) is 9.51. The topological polar surface area (TPSA) is 70.1 Å². The van der Waals surface area contributed by atoms with Crippen LogP contribution >= 0.6 is 0 Å². The lowest BCUT2D eigenvalue weighted by molar-refractivity contribution is 0.150. The molecule has 78 valence electrons. The molecule has 0 fully saturated rings. The molecule has 1 heterocycles. The van der Waals surface area contributed by atoms with Crippen molar-refractivity contribution in [2.75, 3.05) is 0 Å². The van der Waals surface area contributed by atoms with Crippen LogP contribution in [0.15, 0.2) is 24.5 Å². The van der Waals surface area contributed by atoms with Crippen molar-refractivity contribution in [3.05, 3.63) is 30.1 Å². The maximum atomic E-state index is 10.4. The van der Waals surface area contributed by atoms with Gasteiger partial charge in [0.1, 0.15) is 6.61 Å². The number of aromatic nitrogens is 2. The lowest BCUT2D eigenvalue weighted by Gasteiger charge is -2.01. The van der Waals surface area contributed by atoms with Crippen molar-refractivity contribution in [3.63, 3.8) is 0 Å². The minimum absolute atomic E-state index is 0.182. The Morgan fingerprint density at radius 2 is 2.40 bits per heavy atom. The Bertz CT molecular complexity index is 504. The maximum absolute atomic E-state index is 10.4. The number of primary amides is 1. The molecule has 0 aliphatic rings. The zero-order chi connectivity index (χ0) is 10.8. The Balaban J connectivity index is 2.27. The Hall–Kier alpha value is -2.04. The largest absolute Gasteiger partial charge is 0.445 e. The highest BCUT2D eigenvalue weighted by Gasteiger charge is 2.02. The molecule has 1 aromatic heterocycles. The van der Waals surface area contributed by atoms with Crippen molar-refractivity contribution in [3.8, 4) is 0 Å². The molecule has 0 aliphatic heterocycles. The van der Waals surface area contributed by atoms with E-state index in [0.29, 0.717) is 0 Å². The van der Waals surface area contributed by atoms with Gasteiger partial charge >= 0.3 is 6.09 Å². The van der Waals surface area contributed by atoms with Gasteiger partial charge in [0.25, 0.3) is 0 Å². The first-order valence-corrected chi connectivity index (χ1v) is 4.49. The van der Waals surface area contributed by atoms with E-state index >= 15 is 0 Å². The molecule has 0 radical (unpaired) electrons. The molecule has 5 heteroatoms. The fourth-order valence-electron chi connectivity index (χ4n) is 1.43. The summed E-state index contributed by atoms with van der Waals surface area (Å²) in [5.41, 5.74) is 7.67. The van der Waals surface area contributed by atoms with E-state index in [0.717, 1.165) is 16.6 Å². The van der Waals surface area contributed by atoms with Gasteiger partial charge in [-0.15, -0.1) is 0 Å². The van der Waals surface area contributed by atoms with Crippen LogP contribution in [0, 0.1) is 0 Å². The molecule has 0 bridgehead atoms. The summed E-state index contributed by atoms with van der Waals surface area (Å²) in [5, 5.41) is 0. The van der Waals surface area contributed by atoms with Crippen LogP contribution in [0.2, 0.25) is 0 Å². The Labute approximate surface area is 86.5 Å². The number of nitrogens with two attached hydrogens (primary N) is 1. The van der Waals surface area contributed by atoms with Crippen LogP contribution in [-0.2, 0) is 18.4 Å². The predicted molar refractivity (Wildman–Crippen MR) is 55.1 cm³/mol. The SMILES string of the molecule is Cn1cnc2cc(COC(N)=O)ccc21. The third-order valence-electron chi connectivity index (χ3n) is 2.17. The zero-order valence-corrected chi connectivity index (χ0v) is 8.30. The Kier molecular flexibility index (Phi) is 2.29. The second kappa shape index (κ2) is 3.61. The first-order chi connectivity index (χ1) is 7.16. The van der Waals surface area contributed by atoms with Crippen LogP contribution in [0.5, 0.6) is 0 Å². The number of nitrogens with zero attached hydrogens (tertiary/aromatic N) is 2. The quantitative estimate of drug-likeness (QED) is 0.799. The number of benzene rings is 1. The van der Waals surface area contributed by atoms with E-state index in [2.05, 4.69) is 9.72 Å². The summed E-state index contributed by atoms with van der Waals surface area (Å²) in [5.74, 6) is 0. The van der Waals surface area contributed by atoms with Gasteiger partial charge in [0.2, 0.25) is 0 Å². The molecule has 15 heavy (non-hydrogen) atoms. The monoisotopic (exact) mass is 205 g/mol. The number of rotatable bonds is 2. The molecule has 0 saturated carbocycles. The van der Waals surface area contributed by atoms with E-state index < -0.39 is 6.09 Å². The van der Waals surface area contributed by atoms with E-state index in [1.807, 2.05) is 29.8 Å². The minimum atomic E-state index is -0.767. The van der Waals surface area contributed by atoms with Crippen LogP contribution in [0.4, 0.5) is 4.79 Å². The van der Waals surface area contributed by atoms with Crippen molar-refractivity contribution < 1.29 is 9.53 Å². The molecule has 0 saturated heterocycles. The number of imidazole rings is 1. The third kappa shape index (κ3) is 1.90. The van der Waals surface area contributed by atoms with Crippen molar-refractivity contribution in [1.29, 1.82) is 0 Å². The van der Waals surface area contributed by atoms with Crippen LogP contribution in [0.25, 0.3) is 11.0 Å². The first-order valence-electron chi connectivity index (χ1n) is 4.49. The maximum Gasteiger partial charge on any atom is 0.404 e. The van der Waals surface area contributed by atoms with Crippen LogP contribution in [-0.4, -0.2) is 15.6 Å². The molecule has 0 aliphatic carbocycles. The molecular formula is C10H11N3O2. The molecular weight excluding hydrogens is 194 g/mol. The summed E-state index contributed by atoms with van der Waals surface area (Å²) in [7, 11) is 1.93. The predicted octanol–water partition coefficient (Wildman–Crippen LogP) is 1.17. The van der Waals surface area contributed by atoms with E-state index in [9.17, 15) is 4.79 Å². The standard InChI is InChI=1S/C10H11N3O2/c1-13-6-12-8-4-7(2-3-9(8)13)5-15-10(11)14/h2-4,6H,5H2,1H3,(H2,11,14). The molecule has 0 atom stereocenters. The van der Waals surface area contributed by atoms with Gasteiger partial charge in [0.05, 0.1) is 17.4 Å². The van der Waals surface area contributed by atoms with E-state index in [1.54, 1.807) is 6.33 Å². The minimum Gasteiger partial charge on any atom is -0.445 e. The summed E-state index contributed by atoms with van der Waals surface area (Å²) in [6, 6.07) is 5.69. The van der Waals surface area contributed by atoms with E-state index in [4.69, 9.17) is 5.73 Å². The molecule has 0 spiro atoms. The fraction of sp³-hybridized carbons (Fsp3) is 0.200. The summed E-state index contributed by atoms with van der Waals surface area (Å²) >= 11 is 0. The summed E-state index contributed by atoms with van der Waals surface area (Å²) in [6.07, 6.45) is 0.972. The number of ether oxygens (including phenoxy) is 1. The molecule has 5 nitrogen and oxygen atoms in total. The van der Waals surface area contributed by atoms with Crippen LogP contribution in [0.1, 0.15) is 5.56 Å². The van der Waals surface area contributed by atoms with Crippen molar-refractivity contribution in [2.24, 2.45) is 12.8 Å². The highest BCUT2D eigenvalue weighted by molar-refractivity contribution is 5.76. The molecule has 1 aromatic carbocycles. The van der Waals surface area contributed by atoms with Crippen molar-refractivity contribution >= 4 is 17.1 Å². The molecule has 2 rings (SSSR count). The third-order valence-corrected chi connectivity index (χ3v) is 2.17. The zero-order valence-electron chi connectivity index (χ0n) is 8.30. The van der Waals surface area contributed by atoms with Gasteiger partial charge in [0, 0.05) is 7.05 Å². The van der Waals surface area contributed by atoms with E-state index in [1.165, 1.54) is 0 Å². The number of carbonyl (C=O) groups excluding carboxylic acids is 1. The van der Waals surface area contributed by atoms with E-state index in [-0.39, 0.29) is 6.61 Å². The summed E-state index contributed by atoms with van der Waals surface area (Å²) in [4.78, 5) is 14.6. The van der Waals surface area contributed by atoms with Crippen LogP contribution in [0.3, 0.4) is 0 Å². The van der Waals surface area contributed by atoms with Gasteiger partial charge in [-0.1, -0.05) is 6.07 Å². The second-order valence-electron chi connectivity index (χ2n) is 3.29. The van der Waals surface area contributed by atoms with Crippen molar-refractivity contribution in [2.45, 2.75) is 6.61 Å². The average Bonchev–Trinajstić information content (AvgIpc) is 2.57. The fourth-order valence-corrected chi connectivity index (χ4v) is 1.43. The number of carbonyl (C=O) groups is 1. The second-order valence-corrected chi connectivity index (χ2v) is 3.29. The number of hydrogen-bond acceptors (Lipinski definition) is 3. The van der Waals surface area contributed by atoms with Gasteiger partial charge in [0.15, 0.2) is 0 Å². The molecule has 1 amide bonds. The van der Waals surface area contributed by atoms with Crippen molar-refractivity contribution in [1.82, 2.24) is 9.55 Å². The smallest absolute Gasteiger partial charge is 0.404 e.